The third kappa shape index (κ3) is 5.64. The zero-order valence-electron chi connectivity index (χ0n) is 15.5. The summed E-state index contributed by atoms with van der Waals surface area (Å²) < 4.78 is 5.50. The van der Waals surface area contributed by atoms with Gasteiger partial charge in [0.1, 0.15) is 5.60 Å². The second-order valence-corrected chi connectivity index (χ2v) is 8.27. The molecule has 2 fully saturated rings. The Kier molecular flexibility index (Phi) is 6.32. The first-order valence-electron chi connectivity index (χ1n) is 9.18. The topological polar surface area (TPSA) is 44.8 Å². The van der Waals surface area contributed by atoms with Crippen molar-refractivity contribution in [1.82, 2.24) is 15.1 Å². The average Bonchev–Trinajstić information content (AvgIpc) is 2.49. The van der Waals surface area contributed by atoms with E-state index in [9.17, 15) is 4.79 Å². The number of carbonyl (C=O) groups excluding carboxylic acids is 1. The minimum atomic E-state index is -0.398. The van der Waals surface area contributed by atoms with Crippen LogP contribution < -0.4 is 5.32 Å². The van der Waals surface area contributed by atoms with E-state index in [1.165, 1.54) is 38.9 Å². The first-order valence-corrected chi connectivity index (χ1v) is 9.18. The van der Waals surface area contributed by atoms with Crippen LogP contribution in [0.5, 0.6) is 0 Å². The van der Waals surface area contributed by atoms with Crippen molar-refractivity contribution in [1.29, 1.82) is 0 Å². The molecule has 2 heterocycles. The van der Waals surface area contributed by atoms with Gasteiger partial charge in [0.05, 0.1) is 0 Å². The van der Waals surface area contributed by atoms with Crippen LogP contribution in [0.1, 0.15) is 52.9 Å². The molecule has 0 saturated carbocycles. The third-order valence-electron chi connectivity index (χ3n) is 5.29. The number of likely N-dealkylation sites (tertiary alicyclic amines) is 2. The Hall–Kier alpha value is -0.810. The summed E-state index contributed by atoms with van der Waals surface area (Å²) in [7, 11) is 2.02. The molecule has 2 aliphatic heterocycles. The fourth-order valence-corrected chi connectivity index (χ4v) is 3.72. The third-order valence-corrected chi connectivity index (χ3v) is 5.29. The number of rotatable bonds is 4. The summed E-state index contributed by atoms with van der Waals surface area (Å²) in [5.74, 6) is 0. The van der Waals surface area contributed by atoms with Gasteiger partial charge in [-0.1, -0.05) is 0 Å². The minimum absolute atomic E-state index is 0.142. The zero-order chi connectivity index (χ0) is 16.9. The first-order chi connectivity index (χ1) is 10.8. The molecular weight excluding hydrogens is 290 g/mol. The second-order valence-electron chi connectivity index (χ2n) is 8.27. The van der Waals surface area contributed by atoms with Crippen molar-refractivity contribution in [3.05, 3.63) is 0 Å². The van der Waals surface area contributed by atoms with Crippen LogP contribution in [0.15, 0.2) is 0 Å². The number of amides is 1. The highest BCUT2D eigenvalue weighted by molar-refractivity contribution is 5.68. The molecule has 0 unspecified atom stereocenters. The Morgan fingerprint density at radius 3 is 2.17 bits per heavy atom. The van der Waals surface area contributed by atoms with Crippen LogP contribution in [0.2, 0.25) is 0 Å². The predicted molar refractivity (Wildman–Crippen MR) is 93.7 cm³/mol. The molecule has 1 spiro atoms. The molecule has 0 bridgehead atoms. The van der Waals surface area contributed by atoms with E-state index >= 15 is 0 Å². The molecule has 5 heteroatoms. The smallest absolute Gasteiger partial charge is 0.410 e. The molecule has 5 nitrogen and oxygen atoms in total. The van der Waals surface area contributed by atoms with Crippen LogP contribution in [0.4, 0.5) is 4.79 Å². The summed E-state index contributed by atoms with van der Waals surface area (Å²) in [6.45, 7) is 12.3. The number of hydrogen-bond acceptors (Lipinski definition) is 4. The number of ether oxygens (including phenoxy) is 1. The van der Waals surface area contributed by atoms with Gasteiger partial charge in [-0.05, 0) is 91.5 Å². The Balaban J connectivity index is 1.73. The molecular formula is C18H35N3O2. The van der Waals surface area contributed by atoms with Gasteiger partial charge in [-0.25, -0.2) is 4.79 Å². The van der Waals surface area contributed by atoms with Gasteiger partial charge in [0.2, 0.25) is 0 Å². The Bertz CT molecular complexity index is 374. The van der Waals surface area contributed by atoms with Crippen molar-refractivity contribution in [2.45, 2.75) is 58.5 Å². The number of nitrogens with one attached hydrogen (secondary N) is 1. The second kappa shape index (κ2) is 7.84. The molecule has 0 atom stereocenters. The lowest BCUT2D eigenvalue weighted by molar-refractivity contribution is -0.00242. The van der Waals surface area contributed by atoms with Gasteiger partial charge in [0.25, 0.3) is 0 Å². The van der Waals surface area contributed by atoms with Gasteiger partial charge in [-0.15, -0.1) is 0 Å². The molecule has 0 aromatic heterocycles. The van der Waals surface area contributed by atoms with E-state index in [0.29, 0.717) is 5.41 Å². The van der Waals surface area contributed by atoms with Gasteiger partial charge in [-0.3, -0.25) is 0 Å². The van der Waals surface area contributed by atoms with E-state index in [4.69, 9.17) is 4.74 Å². The van der Waals surface area contributed by atoms with Crippen molar-refractivity contribution in [3.63, 3.8) is 0 Å². The standard InChI is InChI=1S/C18H35N3O2/c1-17(2,3)23-16(22)21-14-8-18(9-15-21)6-12-20(13-7-18)11-5-10-19-4/h19H,5-15H2,1-4H3. The van der Waals surface area contributed by atoms with E-state index in [2.05, 4.69) is 10.2 Å². The maximum atomic E-state index is 12.2. The number of piperidine rings is 2. The molecule has 0 aliphatic carbocycles. The lowest BCUT2D eigenvalue weighted by Gasteiger charge is -2.46. The van der Waals surface area contributed by atoms with Crippen molar-refractivity contribution in [2.24, 2.45) is 5.41 Å². The molecule has 1 N–H and O–H groups in total. The Morgan fingerprint density at radius 1 is 1.09 bits per heavy atom. The highest BCUT2D eigenvalue weighted by Gasteiger charge is 2.39. The van der Waals surface area contributed by atoms with Crippen molar-refractivity contribution < 1.29 is 9.53 Å². The van der Waals surface area contributed by atoms with E-state index < -0.39 is 5.60 Å². The fourth-order valence-electron chi connectivity index (χ4n) is 3.72. The minimum Gasteiger partial charge on any atom is -0.444 e. The molecule has 0 aromatic carbocycles. The lowest BCUT2D eigenvalue weighted by Crippen LogP contribution is -2.49. The van der Waals surface area contributed by atoms with Crippen molar-refractivity contribution in [3.8, 4) is 0 Å². The maximum Gasteiger partial charge on any atom is 0.410 e. The molecule has 134 valence electrons. The Morgan fingerprint density at radius 2 is 1.65 bits per heavy atom. The first kappa shape index (κ1) is 18.5. The Labute approximate surface area is 141 Å². The fraction of sp³-hybridized carbons (Fsp3) is 0.944. The predicted octanol–water partition coefficient (Wildman–Crippen LogP) is 2.71. The molecule has 23 heavy (non-hydrogen) atoms. The van der Waals surface area contributed by atoms with Crippen LogP contribution in [0.3, 0.4) is 0 Å². The van der Waals surface area contributed by atoms with Gasteiger partial charge in [0, 0.05) is 13.1 Å². The van der Waals surface area contributed by atoms with Gasteiger partial charge < -0.3 is 19.9 Å². The SMILES string of the molecule is CNCCCN1CCC2(CC1)CCN(C(=O)OC(C)(C)C)CC2. The number of carbonyl (C=O) groups is 1. The summed E-state index contributed by atoms with van der Waals surface area (Å²) in [6, 6.07) is 0. The van der Waals surface area contributed by atoms with Gasteiger partial charge in [-0.2, -0.15) is 0 Å². The van der Waals surface area contributed by atoms with E-state index in [1.54, 1.807) is 0 Å². The lowest BCUT2D eigenvalue weighted by atomic mass is 9.71. The van der Waals surface area contributed by atoms with Crippen molar-refractivity contribution in [2.75, 3.05) is 46.3 Å². The summed E-state index contributed by atoms with van der Waals surface area (Å²) in [5.41, 5.74) is 0.0723. The van der Waals surface area contributed by atoms with Gasteiger partial charge in [0.15, 0.2) is 0 Å². The van der Waals surface area contributed by atoms with Crippen LogP contribution in [0.25, 0.3) is 0 Å². The highest BCUT2D eigenvalue weighted by Crippen LogP contribution is 2.41. The summed E-state index contributed by atoms with van der Waals surface area (Å²) >= 11 is 0. The van der Waals surface area contributed by atoms with E-state index in [1.807, 2.05) is 32.7 Å². The molecule has 0 aromatic rings. The van der Waals surface area contributed by atoms with Crippen LogP contribution in [-0.4, -0.2) is 67.8 Å². The normalized spacial score (nSPS) is 22.3. The molecule has 2 aliphatic rings. The molecule has 2 rings (SSSR count). The summed E-state index contributed by atoms with van der Waals surface area (Å²) in [4.78, 5) is 16.7. The maximum absolute atomic E-state index is 12.2. The number of hydrogen-bond donors (Lipinski definition) is 1. The molecule has 1 amide bonds. The monoisotopic (exact) mass is 325 g/mol. The molecule has 2 saturated heterocycles. The van der Waals surface area contributed by atoms with E-state index in [-0.39, 0.29) is 6.09 Å². The highest BCUT2D eigenvalue weighted by atomic mass is 16.6. The zero-order valence-corrected chi connectivity index (χ0v) is 15.5. The number of nitrogens with zero attached hydrogens (tertiary/aromatic N) is 2. The van der Waals surface area contributed by atoms with Crippen LogP contribution in [-0.2, 0) is 4.74 Å². The summed E-state index contributed by atoms with van der Waals surface area (Å²) in [5, 5.41) is 3.22. The van der Waals surface area contributed by atoms with Crippen molar-refractivity contribution >= 4 is 6.09 Å². The largest absolute Gasteiger partial charge is 0.444 e. The van der Waals surface area contributed by atoms with Gasteiger partial charge >= 0.3 is 6.09 Å². The summed E-state index contributed by atoms with van der Waals surface area (Å²) in [6.07, 6.45) is 5.93. The molecule has 0 radical (unpaired) electrons. The van der Waals surface area contributed by atoms with Crippen LogP contribution >= 0.6 is 0 Å². The average molecular weight is 325 g/mol. The quantitative estimate of drug-likeness (QED) is 0.807. The van der Waals surface area contributed by atoms with Crippen LogP contribution in [0, 0.1) is 5.41 Å². The van der Waals surface area contributed by atoms with E-state index in [0.717, 1.165) is 32.5 Å².